The molecule has 2 aliphatic carbocycles. The van der Waals surface area contributed by atoms with Crippen LogP contribution in [0.2, 0.25) is 0 Å². The third kappa shape index (κ3) is 4.73. The van der Waals surface area contributed by atoms with E-state index in [9.17, 15) is 23.9 Å². The Labute approximate surface area is 200 Å². The molecule has 0 heterocycles. The number of hydrogen-bond donors (Lipinski definition) is 3. The molecule has 0 bridgehead atoms. The molecule has 3 aromatic rings. The average Bonchev–Trinajstić information content (AvgIpc) is 3.63. The quantitative estimate of drug-likeness (QED) is 0.457. The van der Waals surface area contributed by atoms with E-state index in [-0.39, 0.29) is 29.7 Å². The molecule has 178 valence electrons. The Balaban J connectivity index is 1.26. The SMILES string of the molecule is O=C(Nc1cc(F)cc(C(=O)NC(C(=O)O)C2CC2)c1)OCC1c2ccccc2-c2ccccc21. The summed E-state index contributed by atoms with van der Waals surface area (Å²) >= 11 is 0. The number of benzene rings is 3. The van der Waals surface area contributed by atoms with Crippen molar-refractivity contribution in [2.24, 2.45) is 5.92 Å². The second-order valence-electron chi connectivity index (χ2n) is 8.81. The molecule has 8 heteroatoms. The average molecular weight is 474 g/mol. The summed E-state index contributed by atoms with van der Waals surface area (Å²) in [5, 5.41) is 14.2. The minimum atomic E-state index is -1.13. The van der Waals surface area contributed by atoms with Crippen LogP contribution in [-0.2, 0) is 9.53 Å². The Bertz CT molecular complexity index is 1270. The van der Waals surface area contributed by atoms with E-state index in [2.05, 4.69) is 10.6 Å². The van der Waals surface area contributed by atoms with Crippen molar-refractivity contribution in [1.82, 2.24) is 5.32 Å². The van der Waals surface area contributed by atoms with Crippen molar-refractivity contribution in [1.29, 1.82) is 0 Å². The number of carboxylic acids is 1. The fraction of sp³-hybridized carbons (Fsp3) is 0.222. The third-order valence-corrected chi connectivity index (χ3v) is 6.40. The number of anilines is 1. The van der Waals surface area contributed by atoms with E-state index in [1.807, 2.05) is 48.5 Å². The molecule has 0 saturated heterocycles. The van der Waals surface area contributed by atoms with Crippen LogP contribution >= 0.6 is 0 Å². The van der Waals surface area contributed by atoms with E-state index in [4.69, 9.17) is 4.74 Å². The normalized spacial score (nSPS) is 15.0. The number of nitrogens with one attached hydrogen (secondary N) is 2. The molecule has 0 radical (unpaired) electrons. The summed E-state index contributed by atoms with van der Waals surface area (Å²) in [7, 11) is 0. The Morgan fingerprint density at radius 1 is 0.971 bits per heavy atom. The largest absolute Gasteiger partial charge is 0.480 e. The van der Waals surface area contributed by atoms with Crippen LogP contribution in [0.4, 0.5) is 14.9 Å². The molecule has 2 aliphatic rings. The number of hydrogen-bond acceptors (Lipinski definition) is 4. The van der Waals surface area contributed by atoms with Gasteiger partial charge in [-0.25, -0.2) is 14.0 Å². The van der Waals surface area contributed by atoms with Crippen molar-refractivity contribution in [3.05, 3.63) is 89.2 Å². The molecule has 2 amide bonds. The van der Waals surface area contributed by atoms with E-state index in [0.29, 0.717) is 0 Å². The lowest BCUT2D eigenvalue weighted by atomic mass is 9.98. The monoisotopic (exact) mass is 474 g/mol. The van der Waals surface area contributed by atoms with Crippen LogP contribution in [0.15, 0.2) is 66.7 Å². The zero-order valence-electron chi connectivity index (χ0n) is 18.7. The third-order valence-electron chi connectivity index (χ3n) is 6.40. The number of amides is 2. The van der Waals surface area contributed by atoms with Gasteiger partial charge in [0.1, 0.15) is 18.5 Å². The van der Waals surface area contributed by atoms with E-state index < -0.39 is 29.8 Å². The second-order valence-corrected chi connectivity index (χ2v) is 8.81. The van der Waals surface area contributed by atoms with Gasteiger partial charge in [0.15, 0.2) is 0 Å². The standard InChI is InChI=1S/C27H23FN2O5/c28-17-11-16(25(31)30-24(26(32)33)15-9-10-15)12-18(13-17)29-27(34)35-14-23-21-7-3-1-5-19(21)20-6-2-4-8-22(20)23/h1-8,11-13,15,23-24H,9-10,14H2,(H,29,34)(H,30,31)(H,32,33). The van der Waals surface area contributed by atoms with Crippen molar-refractivity contribution in [3.63, 3.8) is 0 Å². The number of rotatable bonds is 7. The lowest BCUT2D eigenvalue weighted by Gasteiger charge is -2.16. The van der Waals surface area contributed by atoms with Crippen LogP contribution in [0.3, 0.4) is 0 Å². The maximum atomic E-state index is 14.2. The van der Waals surface area contributed by atoms with Crippen LogP contribution in [0.5, 0.6) is 0 Å². The first kappa shape index (κ1) is 22.6. The number of ether oxygens (including phenoxy) is 1. The van der Waals surface area contributed by atoms with Gasteiger partial charge in [-0.15, -0.1) is 0 Å². The van der Waals surface area contributed by atoms with Gasteiger partial charge in [-0.05, 0) is 59.2 Å². The fourth-order valence-corrected chi connectivity index (χ4v) is 4.58. The van der Waals surface area contributed by atoms with Crippen molar-refractivity contribution in [2.75, 3.05) is 11.9 Å². The molecule has 1 saturated carbocycles. The molecule has 3 N–H and O–H groups in total. The van der Waals surface area contributed by atoms with Gasteiger partial charge in [-0.1, -0.05) is 48.5 Å². The highest BCUT2D eigenvalue weighted by Gasteiger charge is 2.37. The first-order chi connectivity index (χ1) is 16.9. The molecule has 1 fully saturated rings. The van der Waals surface area contributed by atoms with E-state index in [1.54, 1.807) is 0 Å². The Hall–Kier alpha value is -4.20. The van der Waals surface area contributed by atoms with Crippen LogP contribution in [0.1, 0.15) is 40.2 Å². The van der Waals surface area contributed by atoms with Gasteiger partial charge in [0.2, 0.25) is 0 Å². The first-order valence-electron chi connectivity index (χ1n) is 11.4. The van der Waals surface area contributed by atoms with Crippen LogP contribution < -0.4 is 10.6 Å². The van der Waals surface area contributed by atoms with Crippen LogP contribution in [0.25, 0.3) is 11.1 Å². The topological polar surface area (TPSA) is 105 Å². The Kier molecular flexibility index (Phi) is 5.94. The summed E-state index contributed by atoms with van der Waals surface area (Å²) in [5.74, 6) is -2.85. The zero-order valence-corrected chi connectivity index (χ0v) is 18.7. The molecule has 7 nitrogen and oxygen atoms in total. The molecule has 3 aromatic carbocycles. The maximum absolute atomic E-state index is 14.2. The fourth-order valence-electron chi connectivity index (χ4n) is 4.58. The number of fused-ring (bicyclic) bond motifs is 3. The molecule has 1 atom stereocenters. The number of aliphatic carboxylic acids is 1. The van der Waals surface area contributed by atoms with Gasteiger partial charge in [-0.2, -0.15) is 0 Å². The Morgan fingerprint density at radius 3 is 2.20 bits per heavy atom. The molecule has 5 rings (SSSR count). The predicted octanol–water partition coefficient (Wildman–Crippen LogP) is 4.78. The number of halogens is 1. The maximum Gasteiger partial charge on any atom is 0.411 e. The molecule has 35 heavy (non-hydrogen) atoms. The highest BCUT2D eigenvalue weighted by atomic mass is 19.1. The molecular weight excluding hydrogens is 451 g/mol. The van der Waals surface area contributed by atoms with Gasteiger partial charge >= 0.3 is 12.1 Å². The van der Waals surface area contributed by atoms with Gasteiger partial charge in [0.25, 0.3) is 5.91 Å². The Morgan fingerprint density at radius 2 is 1.60 bits per heavy atom. The van der Waals surface area contributed by atoms with Crippen LogP contribution in [-0.4, -0.2) is 35.7 Å². The molecule has 0 spiro atoms. The van der Waals surface area contributed by atoms with Gasteiger partial charge in [0, 0.05) is 17.2 Å². The molecule has 0 aromatic heterocycles. The van der Waals surface area contributed by atoms with E-state index in [1.165, 1.54) is 6.07 Å². The zero-order chi connectivity index (χ0) is 24.5. The number of carboxylic acid groups (broad SMARTS) is 1. The highest BCUT2D eigenvalue weighted by Crippen LogP contribution is 2.44. The van der Waals surface area contributed by atoms with Gasteiger partial charge in [-0.3, -0.25) is 10.1 Å². The first-order valence-corrected chi connectivity index (χ1v) is 11.4. The summed E-state index contributed by atoms with van der Waals surface area (Å²) < 4.78 is 19.6. The van der Waals surface area contributed by atoms with Crippen molar-refractivity contribution >= 4 is 23.7 Å². The van der Waals surface area contributed by atoms with Crippen molar-refractivity contribution in [2.45, 2.75) is 24.8 Å². The van der Waals surface area contributed by atoms with Crippen molar-refractivity contribution in [3.8, 4) is 11.1 Å². The highest BCUT2D eigenvalue weighted by molar-refractivity contribution is 5.98. The predicted molar refractivity (Wildman–Crippen MR) is 127 cm³/mol. The smallest absolute Gasteiger partial charge is 0.411 e. The lowest BCUT2D eigenvalue weighted by molar-refractivity contribution is -0.139. The summed E-state index contributed by atoms with van der Waals surface area (Å²) in [6, 6.07) is 18.2. The summed E-state index contributed by atoms with van der Waals surface area (Å²) in [4.78, 5) is 36.4. The van der Waals surface area contributed by atoms with Gasteiger partial charge < -0.3 is 15.2 Å². The van der Waals surface area contributed by atoms with Crippen LogP contribution in [0, 0.1) is 11.7 Å². The number of carbonyl (C=O) groups is 3. The minimum Gasteiger partial charge on any atom is -0.480 e. The lowest BCUT2D eigenvalue weighted by Crippen LogP contribution is -2.42. The van der Waals surface area contributed by atoms with Gasteiger partial charge in [0.05, 0.1) is 0 Å². The number of carbonyl (C=O) groups excluding carboxylic acids is 2. The van der Waals surface area contributed by atoms with E-state index in [0.717, 1.165) is 47.2 Å². The van der Waals surface area contributed by atoms with E-state index >= 15 is 0 Å². The summed E-state index contributed by atoms with van der Waals surface area (Å²) in [6.45, 7) is 0.0875. The van der Waals surface area contributed by atoms with Crippen molar-refractivity contribution < 1.29 is 28.6 Å². The summed E-state index contributed by atoms with van der Waals surface area (Å²) in [6.07, 6.45) is 0.648. The molecule has 1 unspecified atom stereocenters. The minimum absolute atomic E-state index is 0.0330. The summed E-state index contributed by atoms with van der Waals surface area (Å²) in [5.41, 5.74) is 4.27. The molecule has 0 aliphatic heterocycles. The molecular formula is C27H23FN2O5. The second kappa shape index (κ2) is 9.21.